The van der Waals surface area contributed by atoms with E-state index in [4.69, 9.17) is 11.6 Å². The molecule has 0 aliphatic carbocycles. The van der Waals surface area contributed by atoms with E-state index in [1.165, 1.54) is 0 Å². The number of alkyl halides is 3. The summed E-state index contributed by atoms with van der Waals surface area (Å²) in [6, 6.07) is 0.898. The molecule has 0 radical (unpaired) electrons. The van der Waals surface area contributed by atoms with Gasteiger partial charge in [0.05, 0.1) is 21.3 Å². The molecule has 1 N–H and O–H groups in total. The van der Waals surface area contributed by atoms with Gasteiger partial charge in [0.2, 0.25) is 0 Å². The van der Waals surface area contributed by atoms with Crippen LogP contribution in [0.25, 0.3) is 0 Å². The maximum absolute atomic E-state index is 12.5. The molecule has 3 heterocycles. The minimum absolute atomic E-state index is 0.0175. The standard InChI is InChI=1S/C10H9ClF3N3S2/c11-6-1-5(10(12,13)14)2-15-9(6)16-17-7-3-18-8(17)4-19-7/h1-2,7-8H,3-4H2,(H,15,16)/t7-,8-/m1/s1. The van der Waals surface area contributed by atoms with Gasteiger partial charge < -0.3 is 0 Å². The van der Waals surface area contributed by atoms with E-state index >= 15 is 0 Å². The van der Waals surface area contributed by atoms with Gasteiger partial charge in [0.25, 0.3) is 0 Å². The number of hydrogen-bond donors (Lipinski definition) is 1. The highest BCUT2D eigenvalue weighted by Crippen LogP contribution is 2.44. The van der Waals surface area contributed by atoms with E-state index in [9.17, 15) is 13.2 Å². The molecular formula is C10H9ClF3N3S2. The monoisotopic (exact) mass is 327 g/mol. The van der Waals surface area contributed by atoms with E-state index in [0.29, 0.717) is 10.7 Å². The van der Waals surface area contributed by atoms with Crippen LogP contribution in [-0.4, -0.2) is 32.2 Å². The normalized spacial score (nSPS) is 26.9. The zero-order valence-corrected chi connectivity index (χ0v) is 11.8. The fourth-order valence-corrected chi connectivity index (χ4v) is 5.27. The molecule has 9 heteroatoms. The van der Waals surface area contributed by atoms with Gasteiger partial charge in [-0.25, -0.2) is 4.98 Å². The molecule has 0 amide bonds. The predicted molar refractivity (Wildman–Crippen MR) is 72.2 cm³/mol. The van der Waals surface area contributed by atoms with Crippen LogP contribution < -0.4 is 5.43 Å². The molecule has 104 valence electrons. The molecule has 0 saturated carbocycles. The summed E-state index contributed by atoms with van der Waals surface area (Å²) >= 11 is 9.51. The topological polar surface area (TPSA) is 28.2 Å². The van der Waals surface area contributed by atoms with Crippen molar-refractivity contribution in [3.8, 4) is 0 Å². The van der Waals surface area contributed by atoms with E-state index in [-0.39, 0.29) is 10.8 Å². The number of rotatable bonds is 2. The van der Waals surface area contributed by atoms with Crippen molar-refractivity contribution in [1.29, 1.82) is 0 Å². The maximum Gasteiger partial charge on any atom is 0.417 e. The van der Waals surface area contributed by atoms with Gasteiger partial charge >= 0.3 is 6.18 Å². The van der Waals surface area contributed by atoms with Crippen LogP contribution >= 0.6 is 35.1 Å². The number of hydrogen-bond acceptors (Lipinski definition) is 5. The zero-order valence-electron chi connectivity index (χ0n) is 9.45. The minimum Gasteiger partial charge on any atom is -0.300 e. The predicted octanol–water partition coefficient (Wildman–Crippen LogP) is 3.53. The van der Waals surface area contributed by atoms with E-state index < -0.39 is 11.7 Å². The second-order valence-corrected chi connectivity index (χ2v) is 6.98. The molecule has 2 aliphatic rings. The molecule has 2 fully saturated rings. The van der Waals surface area contributed by atoms with Gasteiger partial charge in [-0.15, -0.1) is 23.5 Å². The molecule has 0 spiro atoms. The first-order valence-electron chi connectivity index (χ1n) is 5.46. The number of anilines is 1. The highest BCUT2D eigenvalue weighted by molar-refractivity contribution is 8.07. The molecule has 3 nitrogen and oxygen atoms in total. The molecule has 2 bridgehead atoms. The average molecular weight is 328 g/mol. The van der Waals surface area contributed by atoms with Gasteiger partial charge in [-0.05, 0) is 6.07 Å². The van der Waals surface area contributed by atoms with Crippen molar-refractivity contribution in [3.05, 3.63) is 22.8 Å². The van der Waals surface area contributed by atoms with E-state index in [1.807, 2.05) is 28.5 Å². The lowest BCUT2D eigenvalue weighted by Crippen LogP contribution is -2.35. The summed E-state index contributed by atoms with van der Waals surface area (Å²) in [4.78, 5) is 3.78. The number of nitrogens with zero attached hydrogens (tertiary/aromatic N) is 2. The van der Waals surface area contributed by atoms with Crippen molar-refractivity contribution >= 4 is 40.9 Å². The largest absolute Gasteiger partial charge is 0.417 e. The SMILES string of the molecule is FC(F)(F)c1cnc(NN2[C@H]3CS[C@@H]2CS3)c(Cl)c1. The molecule has 2 aliphatic heterocycles. The Morgan fingerprint density at radius 2 is 1.95 bits per heavy atom. The van der Waals surface area contributed by atoms with Crippen LogP contribution in [0, 0.1) is 0 Å². The van der Waals surface area contributed by atoms with Crippen molar-refractivity contribution in [2.24, 2.45) is 0 Å². The van der Waals surface area contributed by atoms with Gasteiger partial charge in [-0.1, -0.05) is 11.6 Å². The number of pyridine rings is 1. The molecule has 2 saturated heterocycles. The van der Waals surface area contributed by atoms with Crippen LogP contribution in [0.15, 0.2) is 12.3 Å². The van der Waals surface area contributed by atoms with Crippen molar-refractivity contribution in [1.82, 2.24) is 9.99 Å². The molecule has 0 unspecified atom stereocenters. The molecule has 1 aromatic heterocycles. The number of halogens is 4. The first-order valence-corrected chi connectivity index (χ1v) is 7.93. The molecule has 0 aromatic carbocycles. The van der Waals surface area contributed by atoms with Gasteiger partial charge in [-0.3, -0.25) is 5.43 Å². The average Bonchev–Trinajstić information content (AvgIpc) is 2.90. The third kappa shape index (κ3) is 2.63. The van der Waals surface area contributed by atoms with Crippen LogP contribution in [0.1, 0.15) is 5.56 Å². The Bertz CT molecular complexity index is 479. The van der Waals surface area contributed by atoms with Crippen LogP contribution in [0.5, 0.6) is 0 Å². The van der Waals surface area contributed by atoms with Gasteiger partial charge in [0, 0.05) is 17.7 Å². The number of nitrogens with one attached hydrogen (secondary N) is 1. The number of hydrazine groups is 1. The fraction of sp³-hybridized carbons (Fsp3) is 0.500. The molecule has 3 rings (SSSR count). The summed E-state index contributed by atoms with van der Waals surface area (Å²) in [5.41, 5.74) is 2.19. The Morgan fingerprint density at radius 1 is 1.32 bits per heavy atom. The number of aromatic nitrogens is 1. The van der Waals surface area contributed by atoms with Crippen molar-refractivity contribution in [2.75, 3.05) is 16.9 Å². The van der Waals surface area contributed by atoms with Crippen LogP contribution in [0.3, 0.4) is 0 Å². The van der Waals surface area contributed by atoms with E-state index in [0.717, 1.165) is 23.8 Å². The van der Waals surface area contributed by atoms with Crippen molar-refractivity contribution in [3.63, 3.8) is 0 Å². The Kier molecular flexibility index (Phi) is 3.53. The summed E-state index contributed by atoms with van der Waals surface area (Å²) in [6.45, 7) is 0. The van der Waals surface area contributed by atoms with E-state index in [1.54, 1.807) is 0 Å². The quantitative estimate of drug-likeness (QED) is 0.897. The lowest BCUT2D eigenvalue weighted by molar-refractivity contribution is -0.137. The summed E-state index contributed by atoms with van der Waals surface area (Å²) in [6.07, 6.45) is -3.62. The van der Waals surface area contributed by atoms with Crippen LogP contribution in [-0.2, 0) is 6.18 Å². The van der Waals surface area contributed by atoms with Gasteiger partial charge in [0.15, 0.2) is 5.82 Å². The lowest BCUT2D eigenvalue weighted by atomic mass is 10.3. The van der Waals surface area contributed by atoms with E-state index in [2.05, 4.69) is 10.4 Å². The number of fused-ring (bicyclic) bond motifs is 2. The first kappa shape index (κ1) is 13.7. The molecule has 1 aromatic rings. The molecule has 19 heavy (non-hydrogen) atoms. The minimum atomic E-state index is -4.42. The zero-order chi connectivity index (χ0) is 13.6. The summed E-state index contributed by atoms with van der Waals surface area (Å²) in [5, 5.41) is 2.65. The molecule has 2 atom stereocenters. The fourth-order valence-electron chi connectivity index (χ4n) is 1.93. The smallest absolute Gasteiger partial charge is 0.300 e. The molecular weight excluding hydrogens is 319 g/mol. The highest BCUT2D eigenvalue weighted by Gasteiger charge is 2.41. The Balaban J connectivity index is 1.79. The third-order valence-corrected chi connectivity index (χ3v) is 6.17. The second kappa shape index (κ2) is 4.91. The third-order valence-electron chi connectivity index (χ3n) is 2.89. The lowest BCUT2D eigenvalue weighted by Gasteiger charge is -2.22. The number of thioether (sulfide) groups is 2. The first-order chi connectivity index (χ1) is 8.95. The van der Waals surface area contributed by atoms with Crippen molar-refractivity contribution < 1.29 is 13.2 Å². The van der Waals surface area contributed by atoms with Crippen LogP contribution in [0.4, 0.5) is 19.0 Å². The Labute approximate surface area is 121 Å². The van der Waals surface area contributed by atoms with Crippen molar-refractivity contribution in [2.45, 2.75) is 16.9 Å². The maximum atomic E-state index is 12.5. The van der Waals surface area contributed by atoms with Gasteiger partial charge in [0.1, 0.15) is 0 Å². The Hall–Kier alpha value is -0.310. The summed E-state index contributed by atoms with van der Waals surface area (Å²) in [5.74, 6) is 2.27. The van der Waals surface area contributed by atoms with Crippen LogP contribution in [0.2, 0.25) is 5.02 Å². The second-order valence-electron chi connectivity index (χ2n) is 4.15. The van der Waals surface area contributed by atoms with Gasteiger partial charge in [-0.2, -0.15) is 18.2 Å². The highest BCUT2D eigenvalue weighted by atomic mass is 35.5. The summed E-state index contributed by atoms with van der Waals surface area (Å²) < 4.78 is 37.5. The Morgan fingerprint density at radius 3 is 2.42 bits per heavy atom. The summed E-state index contributed by atoms with van der Waals surface area (Å²) in [7, 11) is 0.